The van der Waals surface area contributed by atoms with Gasteiger partial charge in [0.15, 0.2) is 5.79 Å². The summed E-state index contributed by atoms with van der Waals surface area (Å²) in [6.45, 7) is 2.27. The van der Waals surface area contributed by atoms with Crippen molar-refractivity contribution in [3.63, 3.8) is 0 Å². The van der Waals surface area contributed by atoms with E-state index in [2.05, 4.69) is 17.0 Å². The Morgan fingerprint density at radius 2 is 1.94 bits per heavy atom. The van der Waals surface area contributed by atoms with Gasteiger partial charge in [0.05, 0.1) is 0 Å². The highest BCUT2D eigenvalue weighted by molar-refractivity contribution is 5.14. The Labute approximate surface area is 108 Å². The average Bonchev–Trinajstić information content (AvgIpc) is 2.41. The van der Waals surface area contributed by atoms with Gasteiger partial charge >= 0.3 is 0 Å². The van der Waals surface area contributed by atoms with Gasteiger partial charge in [0, 0.05) is 40.3 Å². The van der Waals surface area contributed by atoms with E-state index in [0.29, 0.717) is 13.0 Å². The molecule has 0 aliphatic carbocycles. The van der Waals surface area contributed by atoms with Crippen molar-refractivity contribution in [3.8, 4) is 0 Å². The van der Waals surface area contributed by atoms with Gasteiger partial charge in [0.2, 0.25) is 0 Å². The molecule has 100 valence electrons. The van der Waals surface area contributed by atoms with Gasteiger partial charge in [-0.05, 0) is 5.56 Å². The maximum Gasteiger partial charge on any atom is 0.196 e. The zero-order valence-electron chi connectivity index (χ0n) is 11.0. The molecule has 0 bridgehead atoms. The van der Waals surface area contributed by atoms with Crippen LogP contribution in [0, 0.1) is 0 Å². The highest BCUT2D eigenvalue weighted by Gasteiger charge is 2.42. The lowest BCUT2D eigenvalue weighted by molar-refractivity contribution is -0.279. The molecule has 1 saturated heterocycles. The Hall–Kier alpha value is -0.940. The summed E-state index contributed by atoms with van der Waals surface area (Å²) in [5.74, 6) is -0.840. The van der Waals surface area contributed by atoms with Crippen LogP contribution in [-0.2, 0) is 16.0 Å². The normalized spacial score (nSPS) is 24.1. The summed E-state index contributed by atoms with van der Waals surface area (Å²) in [4.78, 5) is 2.22. The molecule has 4 heteroatoms. The van der Waals surface area contributed by atoms with Crippen molar-refractivity contribution in [1.82, 2.24) is 4.90 Å². The predicted octanol–water partition coefficient (Wildman–Crippen LogP) is 1.24. The minimum absolute atomic E-state index is 0.566. The monoisotopic (exact) mass is 251 g/mol. The molecule has 1 heterocycles. The Bertz CT molecular complexity index is 365. The number of benzene rings is 1. The molecule has 1 aliphatic heterocycles. The van der Waals surface area contributed by atoms with Crippen LogP contribution in [0.4, 0.5) is 0 Å². The maximum absolute atomic E-state index is 10.2. The molecule has 0 aromatic heterocycles. The summed E-state index contributed by atoms with van der Waals surface area (Å²) in [6.07, 6.45) is 0.0542. The summed E-state index contributed by atoms with van der Waals surface area (Å²) < 4.78 is 10.7. The lowest BCUT2D eigenvalue weighted by Gasteiger charge is -2.43. The minimum atomic E-state index is -0.840. The predicted molar refractivity (Wildman–Crippen MR) is 69.1 cm³/mol. The number of nitrogens with zero attached hydrogens (tertiary/aromatic N) is 1. The lowest BCUT2D eigenvalue weighted by Crippen LogP contribution is -2.57. The SMILES string of the molecule is COC1(OC)CCN(Cc2ccccc2)C[C@H]1O. The number of methoxy groups -OCH3 is 2. The molecule has 0 radical (unpaired) electrons. The Morgan fingerprint density at radius 3 is 2.50 bits per heavy atom. The van der Waals surface area contributed by atoms with E-state index in [1.807, 2.05) is 18.2 Å². The third-order valence-corrected chi connectivity index (χ3v) is 3.66. The molecule has 0 amide bonds. The van der Waals surface area contributed by atoms with Gasteiger partial charge < -0.3 is 14.6 Å². The summed E-state index contributed by atoms with van der Waals surface area (Å²) >= 11 is 0. The van der Waals surface area contributed by atoms with Crippen LogP contribution in [-0.4, -0.2) is 49.2 Å². The average molecular weight is 251 g/mol. The molecule has 1 aliphatic rings. The number of likely N-dealkylation sites (tertiary alicyclic amines) is 1. The fourth-order valence-corrected chi connectivity index (χ4v) is 2.50. The van der Waals surface area contributed by atoms with E-state index in [1.165, 1.54) is 5.56 Å². The number of aliphatic hydroxyl groups is 1. The van der Waals surface area contributed by atoms with Crippen LogP contribution < -0.4 is 0 Å². The molecular weight excluding hydrogens is 230 g/mol. The van der Waals surface area contributed by atoms with Gasteiger partial charge in [-0.15, -0.1) is 0 Å². The number of β-amino-alcohol motifs (C(OH)–C–C–N with tert-alkyl or cyclic N) is 1. The van der Waals surface area contributed by atoms with Gasteiger partial charge in [0.1, 0.15) is 6.10 Å². The first-order chi connectivity index (χ1) is 8.70. The fraction of sp³-hybridized carbons (Fsp3) is 0.571. The maximum atomic E-state index is 10.2. The zero-order chi connectivity index (χ0) is 13.0. The molecule has 1 N–H and O–H groups in total. The number of ether oxygens (including phenoxy) is 2. The third-order valence-electron chi connectivity index (χ3n) is 3.66. The van der Waals surface area contributed by atoms with Gasteiger partial charge in [-0.2, -0.15) is 0 Å². The largest absolute Gasteiger partial charge is 0.386 e. The Morgan fingerprint density at radius 1 is 1.28 bits per heavy atom. The standard InChI is InChI=1S/C14H21NO3/c1-17-14(18-2)8-9-15(11-13(14)16)10-12-6-4-3-5-7-12/h3-7,13,16H,8-11H2,1-2H3/t13-/m1/s1. The van der Waals surface area contributed by atoms with E-state index in [-0.39, 0.29) is 0 Å². The van der Waals surface area contributed by atoms with Crippen molar-refractivity contribution in [2.45, 2.75) is 24.9 Å². The van der Waals surface area contributed by atoms with E-state index in [0.717, 1.165) is 13.1 Å². The Balaban J connectivity index is 1.96. The second kappa shape index (κ2) is 5.80. The highest BCUT2D eigenvalue weighted by atomic mass is 16.7. The van der Waals surface area contributed by atoms with Gasteiger partial charge in [-0.3, -0.25) is 4.90 Å². The van der Waals surface area contributed by atoms with Crippen LogP contribution in [0.15, 0.2) is 30.3 Å². The van der Waals surface area contributed by atoms with Crippen LogP contribution in [0.2, 0.25) is 0 Å². The van der Waals surface area contributed by atoms with Crippen LogP contribution in [0.3, 0.4) is 0 Å². The molecule has 1 fully saturated rings. The van der Waals surface area contributed by atoms with E-state index < -0.39 is 11.9 Å². The topological polar surface area (TPSA) is 41.9 Å². The van der Waals surface area contributed by atoms with E-state index in [4.69, 9.17) is 9.47 Å². The van der Waals surface area contributed by atoms with E-state index in [1.54, 1.807) is 14.2 Å². The molecule has 1 atom stereocenters. The minimum Gasteiger partial charge on any atom is -0.386 e. The van der Waals surface area contributed by atoms with Crippen molar-refractivity contribution in [1.29, 1.82) is 0 Å². The summed E-state index contributed by atoms with van der Waals surface area (Å²) in [5, 5.41) is 10.2. The lowest BCUT2D eigenvalue weighted by atomic mass is 9.99. The molecule has 2 rings (SSSR count). The number of piperidine rings is 1. The molecule has 4 nitrogen and oxygen atoms in total. The van der Waals surface area contributed by atoms with Gasteiger partial charge in [-0.1, -0.05) is 30.3 Å². The highest BCUT2D eigenvalue weighted by Crippen LogP contribution is 2.27. The summed E-state index contributed by atoms with van der Waals surface area (Å²) in [6, 6.07) is 10.3. The van der Waals surface area contributed by atoms with Crippen LogP contribution in [0.5, 0.6) is 0 Å². The molecule has 1 aromatic rings. The molecule has 1 aromatic carbocycles. The second-order valence-corrected chi connectivity index (χ2v) is 4.71. The quantitative estimate of drug-likeness (QED) is 0.818. The van der Waals surface area contributed by atoms with Crippen molar-refractivity contribution in [2.24, 2.45) is 0 Å². The smallest absolute Gasteiger partial charge is 0.196 e. The van der Waals surface area contributed by atoms with E-state index in [9.17, 15) is 5.11 Å². The zero-order valence-corrected chi connectivity index (χ0v) is 11.0. The van der Waals surface area contributed by atoms with Crippen molar-refractivity contribution in [2.75, 3.05) is 27.3 Å². The van der Waals surface area contributed by atoms with Crippen molar-refractivity contribution in [3.05, 3.63) is 35.9 Å². The van der Waals surface area contributed by atoms with Crippen molar-refractivity contribution >= 4 is 0 Å². The number of hydrogen-bond acceptors (Lipinski definition) is 4. The van der Waals surface area contributed by atoms with Crippen LogP contribution >= 0.6 is 0 Å². The first-order valence-corrected chi connectivity index (χ1v) is 6.25. The first-order valence-electron chi connectivity index (χ1n) is 6.25. The Kier molecular flexibility index (Phi) is 4.35. The number of hydrogen-bond donors (Lipinski definition) is 1. The summed E-state index contributed by atoms with van der Waals surface area (Å²) in [7, 11) is 3.17. The van der Waals surface area contributed by atoms with Gasteiger partial charge in [0.25, 0.3) is 0 Å². The molecular formula is C14H21NO3. The van der Waals surface area contributed by atoms with Crippen LogP contribution in [0.25, 0.3) is 0 Å². The number of rotatable bonds is 4. The first kappa shape index (κ1) is 13.5. The second-order valence-electron chi connectivity index (χ2n) is 4.71. The summed E-state index contributed by atoms with van der Waals surface area (Å²) in [5.41, 5.74) is 1.26. The molecule has 18 heavy (non-hydrogen) atoms. The molecule has 0 unspecified atom stereocenters. The molecule has 0 spiro atoms. The number of aliphatic hydroxyl groups excluding tert-OH is 1. The third kappa shape index (κ3) is 2.72. The van der Waals surface area contributed by atoms with E-state index >= 15 is 0 Å². The van der Waals surface area contributed by atoms with Crippen molar-refractivity contribution < 1.29 is 14.6 Å². The van der Waals surface area contributed by atoms with Gasteiger partial charge in [-0.25, -0.2) is 0 Å². The fourth-order valence-electron chi connectivity index (χ4n) is 2.50. The van der Waals surface area contributed by atoms with Crippen LogP contribution in [0.1, 0.15) is 12.0 Å². The molecule has 0 saturated carbocycles.